The summed E-state index contributed by atoms with van der Waals surface area (Å²) in [6, 6.07) is 3.92. The molecule has 0 saturated carbocycles. The van der Waals surface area contributed by atoms with E-state index < -0.39 is 11.9 Å². The second-order valence-electron chi connectivity index (χ2n) is 6.92. The lowest BCUT2D eigenvalue weighted by atomic mass is 9.94. The Balaban J connectivity index is 1.40. The number of pyridine rings is 1. The highest BCUT2D eigenvalue weighted by molar-refractivity contribution is 7.08. The Morgan fingerprint density at radius 3 is 2.86 bits per heavy atom. The van der Waals surface area contributed by atoms with E-state index in [9.17, 15) is 18.0 Å². The highest BCUT2D eigenvalue weighted by Crippen LogP contribution is 2.28. The van der Waals surface area contributed by atoms with Gasteiger partial charge in [-0.25, -0.2) is 0 Å². The van der Waals surface area contributed by atoms with Gasteiger partial charge in [-0.3, -0.25) is 9.78 Å². The Morgan fingerprint density at radius 2 is 2.17 bits per heavy atom. The van der Waals surface area contributed by atoms with Crippen LogP contribution in [0.25, 0.3) is 11.4 Å². The number of rotatable bonds is 4. The minimum Gasteiger partial charge on any atom is -0.339 e. The molecule has 0 spiro atoms. The van der Waals surface area contributed by atoms with Gasteiger partial charge in [-0.05, 0) is 42.3 Å². The van der Waals surface area contributed by atoms with Gasteiger partial charge in [0.2, 0.25) is 11.7 Å². The summed E-state index contributed by atoms with van der Waals surface area (Å²) in [4.78, 5) is 22.1. The fourth-order valence-corrected chi connectivity index (χ4v) is 4.01. The number of halogens is 3. The maximum Gasteiger partial charge on any atom is 0.433 e. The molecule has 29 heavy (non-hydrogen) atoms. The molecular weight excluding hydrogens is 405 g/mol. The van der Waals surface area contributed by atoms with Gasteiger partial charge < -0.3 is 9.42 Å². The monoisotopic (exact) mass is 422 g/mol. The van der Waals surface area contributed by atoms with Crippen LogP contribution in [0, 0.1) is 5.92 Å². The minimum absolute atomic E-state index is 0.144. The molecule has 0 aromatic carbocycles. The molecule has 0 unspecified atom stereocenters. The molecule has 1 aliphatic rings. The van der Waals surface area contributed by atoms with Gasteiger partial charge >= 0.3 is 6.18 Å². The third-order valence-corrected chi connectivity index (χ3v) is 5.50. The summed E-state index contributed by atoms with van der Waals surface area (Å²) < 4.78 is 43.3. The molecule has 1 aliphatic heterocycles. The first-order valence-electron chi connectivity index (χ1n) is 9.08. The zero-order chi connectivity index (χ0) is 20.4. The van der Waals surface area contributed by atoms with Crippen molar-refractivity contribution in [2.75, 3.05) is 13.1 Å². The molecule has 0 bridgehead atoms. The van der Waals surface area contributed by atoms with Crippen LogP contribution >= 0.6 is 11.3 Å². The average molecular weight is 422 g/mol. The zero-order valence-electron chi connectivity index (χ0n) is 15.2. The van der Waals surface area contributed by atoms with Crippen LogP contribution < -0.4 is 0 Å². The van der Waals surface area contributed by atoms with Crippen LogP contribution in [0.15, 0.2) is 39.7 Å². The molecule has 1 fully saturated rings. The number of hydrogen-bond donors (Lipinski definition) is 0. The number of alkyl halides is 3. The standard InChI is InChI=1S/C19H17F3N4O2S/c20-19(21,22)15-4-3-13(9-23-15)18(27)26-6-1-2-12(10-26)8-16-24-17(25-28-16)14-5-7-29-11-14/h3-5,7,9,11-12H,1-2,6,8,10H2/t12-/m1/s1. The predicted octanol–water partition coefficient (Wildman–Crippen LogP) is 4.31. The predicted molar refractivity (Wildman–Crippen MR) is 99.2 cm³/mol. The summed E-state index contributed by atoms with van der Waals surface area (Å²) in [5, 5.41) is 7.87. The summed E-state index contributed by atoms with van der Waals surface area (Å²) in [6.07, 6.45) is -1.28. The molecule has 152 valence electrons. The van der Waals surface area contributed by atoms with Crippen molar-refractivity contribution in [3.05, 3.63) is 52.3 Å². The lowest BCUT2D eigenvalue weighted by Crippen LogP contribution is -2.40. The number of amides is 1. The highest BCUT2D eigenvalue weighted by Gasteiger charge is 2.33. The smallest absolute Gasteiger partial charge is 0.339 e. The van der Waals surface area contributed by atoms with E-state index in [1.807, 2.05) is 16.8 Å². The van der Waals surface area contributed by atoms with Crippen LogP contribution in [0.1, 0.15) is 34.8 Å². The Bertz CT molecular complexity index is 970. The molecule has 4 heterocycles. The fraction of sp³-hybridized carbons (Fsp3) is 0.368. The number of carbonyl (C=O) groups is 1. The van der Waals surface area contributed by atoms with Crippen molar-refractivity contribution < 1.29 is 22.5 Å². The number of thiophene rings is 1. The van der Waals surface area contributed by atoms with Crippen LogP contribution in [0.2, 0.25) is 0 Å². The number of carbonyl (C=O) groups excluding carboxylic acids is 1. The molecule has 0 radical (unpaired) electrons. The van der Waals surface area contributed by atoms with Crippen molar-refractivity contribution in [3.63, 3.8) is 0 Å². The van der Waals surface area contributed by atoms with Gasteiger partial charge in [-0.15, -0.1) is 0 Å². The molecule has 3 aromatic heterocycles. The van der Waals surface area contributed by atoms with Crippen LogP contribution in [0.3, 0.4) is 0 Å². The maximum absolute atomic E-state index is 12.7. The van der Waals surface area contributed by atoms with Crippen LogP contribution in [-0.2, 0) is 12.6 Å². The molecule has 6 nitrogen and oxygen atoms in total. The van der Waals surface area contributed by atoms with E-state index in [-0.39, 0.29) is 17.4 Å². The van der Waals surface area contributed by atoms with Crippen LogP contribution in [-0.4, -0.2) is 39.0 Å². The third-order valence-electron chi connectivity index (χ3n) is 4.82. The normalized spacial score (nSPS) is 17.5. The van der Waals surface area contributed by atoms with Crippen LogP contribution in [0.4, 0.5) is 13.2 Å². The largest absolute Gasteiger partial charge is 0.433 e. The number of likely N-dealkylation sites (tertiary alicyclic amines) is 1. The van der Waals surface area contributed by atoms with E-state index in [4.69, 9.17) is 4.52 Å². The van der Waals surface area contributed by atoms with E-state index >= 15 is 0 Å². The topological polar surface area (TPSA) is 72.1 Å². The van der Waals surface area contributed by atoms with Gasteiger partial charge in [0.05, 0.1) is 5.56 Å². The first-order valence-corrected chi connectivity index (χ1v) is 10.0. The zero-order valence-corrected chi connectivity index (χ0v) is 16.0. The number of aromatic nitrogens is 3. The Morgan fingerprint density at radius 1 is 1.31 bits per heavy atom. The SMILES string of the molecule is O=C(c1ccc(C(F)(F)F)nc1)N1CCC[C@H](Cc2nc(-c3ccsc3)no2)C1. The molecule has 1 atom stereocenters. The molecule has 3 aromatic rings. The second-order valence-corrected chi connectivity index (χ2v) is 7.70. The average Bonchev–Trinajstić information content (AvgIpc) is 3.39. The Kier molecular flexibility index (Phi) is 5.35. The summed E-state index contributed by atoms with van der Waals surface area (Å²) in [5.74, 6) is 0.883. The summed E-state index contributed by atoms with van der Waals surface area (Å²) in [6.45, 7) is 1.04. The Labute approximate surface area is 168 Å². The van der Waals surface area contributed by atoms with E-state index in [0.29, 0.717) is 31.2 Å². The van der Waals surface area contributed by atoms with E-state index in [1.165, 1.54) is 6.07 Å². The van der Waals surface area contributed by atoms with E-state index in [2.05, 4.69) is 15.1 Å². The Hall–Kier alpha value is -2.75. The summed E-state index contributed by atoms with van der Waals surface area (Å²) in [7, 11) is 0. The summed E-state index contributed by atoms with van der Waals surface area (Å²) >= 11 is 1.55. The van der Waals surface area contributed by atoms with Gasteiger partial charge in [0.1, 0.15) is 5.69 Å². The highest BCUT2D eigenvalue weighted by atomic mass is 32.1. The van der Waals surface area contributed by atoms with Crippen molar-refractivity contribution in [1.29, 1.82) is 0 Å². The minimum atomic E-state index is -4.52. The van der Waals surface area contributed by atoms with Crippen molar-refractivity contribution >= 4 is 17.2 Å². The van der Waals surface area contributed by atoms with Crippen molar-refractivity contribution in [2.45, 2.75) is 25.4 Å². The van der Waals surface area contributed by atoms with Gasteiger partial charge in [0.25, 0.3) is 5.91 Å². The molecule has 1 amide bonds. The first-order chi connectivity index (χ1) is 13.9. The number of nitrogens with zero attached hydrogens (tertiary/aromatic N) is 4. The molecule has 4 rings (SSSR count). The van der Waals surface area contributed by atoms with Gasteiger partial charge in [0.15, 0.2) is 0 Å². The van der Waals surface area contributed by atoms with Gasteiger partial charge in [0, 0.05) is 36.7 Å². The molecule has 0 aliphatic carbocycles. The molecule has 10 heteroatoms. The lowest BCUT2D eigenvalue weighted by molar-refractivity contribution is -0.141. The van der Waals surface area contributed by atoms with Crippen molar-refractivity contribution in [3.8, 4) is 11.4 Å². The molecule has 1 saturated heterocycles. The first kappa shape index (κ1) is 19.6. The number of piperidine rings is 1. The summed E-state index contributed by atoms with van der Waals surface area (Å²) in [5.41, 5.74) is 0.0415. The third kappa shape index (κ3) is 4.47. The van der Waals surface area contributed by atoms with Crippen molar-refractivity contribution in [1.82, 2.24) is 20.0 Å². The van der Waals surface area contributed by atoms with Crippen molar-refractivity contribution in [2.24, 2.45) is 5.92 Å². The van der Waals surface area contributed by atoms with Crippen LogP contribution in [0.5, 0.6) is 0 Å². The number of hydrogen-bond acceptors (Lipinski definition) is 6. The quantitative estimate of drug-likeness (QED) is 0.627. The molecular formula is C19H17F3N4O2S. The lowest BCUT2D eigenvalue weighted by Gasteiger charge is -2.32. The van der Waals surface area contributed by atoms with Gasteiger partial charge in [-0.2, -0.15) is 29.5 Å². The molecule has 0 N–H and O–H groups in total. The van der Waals surface area contributed by atoms with E-state index in [1.54, 1.807) is 16.2 Å². The second kappa shape index (κ2) is 7.94. The maximum atomic E-state index is 12.7. The fourth-order valence-electron chi connectivity index (χ4n) is 3.38. The van der Waals surface area contributed by atoms with Gasteiger partial charge in [-0.1, -0.05) is 5.16 Å². The van der Waals surface area contributed by atoms with E-state index in [0.717, 1.165) is 30.7 Å².